The Hall–Kier alpha value is -0.880. The molecule has 1 atom stereocenters. The minimum Gasteiger partial charge on any atom is -0.356 e. The van der Waals surface area contributed by atoms with E-state index in [-0.39, 0.29) is 5.91 Å². The molecule has 22 heavy (non-hydrogen) atoms. The summed E-state index contributed by atoms with van der Waals surface area (Å²) in [5.74, 6) is 1.09. The van der Waals surface area contributed by atoms with Gasteiger partial charge < -0.3 is 5.32 Å². The number of carbonyl (C=O) groups excluding carboxylic acids is 1. The zero-order chi connectivity index (χ0) is 15.8. The zero-order valence-corrected chi connectivity index (χ0v) is 14.6. The molecule has 2 rings (SSSR count). The van der Waals surface area contributed by atoms with Crippen LogP contribution in [-0.4, -0.2) is 32.4 Å². The lowest BCUT2D eigenvalue weighted by atomic mass is 10.0. The van der Waals surface area contributed by atoms with Crippen LogP contribution >= 0.6 is 11.3 Å². The van der Waals surface area contributed by atoms with Gasteiger partial charge in [0.15, 0.2) is 9.84 Å². The molecule has 1 amide bonds. The average molecular weight is 344 g/mol. The highest BCUT2D eigenvalue weighted by Crippen LogP contribution is 2.22. The Morgan fingerprint density at radius 2 is 2.18 bits per heavy atom. The molecule has 0 aromatic carbocycles. The summed E-state index contributed by atoms with van der Waals surface area (Å²) in [7, 11) is -2.77. The molecule has 1 unspecified atom stereocenters. The number of sulfone groups is 1. The summed E-state index contributed by atoms with van der Waals surface area (Å²) in [5.41, 5.74) is 0. The second-order valence-corrected chi connectivity index (χ2v) is 9.31. The van der Waals surface area contributed by atoms with Crippen molar-refractivity contribution in [3.05, 3.63) is 22.4 Å². The van der Waals surface area contributed by atoms with Crippen LogP contribution in [0.2, 0.25) is 0 Å². The molecule has 4 nitrogen and oxygen atoms in total. The number of carbonyl (C=O) groups is 1. The van der Waals surface area contributed by atoms with Crippen molar-refractivity contribution in [2.75, 3.05) is 18.1 Å². The van der Waals surface area contributed by atoms with Gasteiger partial charge in [-0.2, -0.15) is 0 Å². The third kappa shape index (κ3) is 6.48. The minimum absolute atomic E-state index is 0.116. The van der Waals surface area contributed by atoms with E-state index in [0.29, 0.717) is 30.4 Å². The van der Waals surface area contributed by atoms with Gasteiger partial charge in [0, 0.05) is 17.8 Å². The van der Waals surface area contributed by atoms with Crippen LogP contribution in [0.3, 0.4) is 0 Å². The Morgan fingerprint density at radius 1 is 1.32 bits per heavy atom. The van der Waals surface area contributed by atoms with Gasteiger partial charge in [-0.05, 0) is 55.9 Å². The van der Waals surface area contributed by atoms with Crippen LogP contribution < -0.4 is 5.32 Å². The Kier molecular flexibility index (Phi) is 6.89. The van der Waals surface area contributed by atoms with Crippen molar-refractivity contribution in [3.8, 4) is 0 Å². The SMILES string of the molecule is O=C(CCCCc1cccs1)NCCCC1CCS(=O)(=O)C1. The van der Waals surface area contributed by atoms with Gasteiger partial charge in [-0.15, -0.1) is 11.3 Å². The highest BCUT2D eigenvalue weighted by molar-refractivity contribution is 7.91. The third-order valence-electron chi connectivity index (χ3n) is 4.10. The normalized spacial score (nSPS) is 20.1. The summed E-state index contributed by atoms with van der Waals surface area (Å²) >= 11 is 1.77. The summed E-state index contributed by atoms with van der Waals surface area (Å²) in [6.07, 6.45) is 6.18. The third-order valence-corrected chi connectivity index (χ3v) is 6.87. The molecule has 124 valence electrons. The molecule has 0 aliphatic carbocycles. The smallest absolute Gasteiger partial charge is 0.219 e. The van der Waals surface area contributed by atoms with E-state index in [4.69, 9.17) is 0 Å². The average Bonchev–Trinajstić information content (AvgIpc) is 3.09. The highest BCUT2D eigenvalue weighted by Gasteiger charge is 2.27. The van der Waals surface area contributed by atoms with Crippen LogP contribution in [0.25, 0.3) is 0 Å². The van der Waals surface area contributed by atoms with Crippen LogP contribution in [0.5, 0.6) is 0 Å². The van der Waals surface area contributed by atoms with Gasteiger partial charge >= 0.3 is 0 Å². The molecular weight excluding hydrogens is 318 g/mol. The molecule has 1 aliphatic rings. The number of thiophene rings is 1. The van der Waals surface area contributed by atoms with Gasteiger partial charge in [-0.3, -0.25) is 4.79 Å². The largest absolute Gasteiger partial charge is 0.356 e. The summed E-state index contributed by atoms with van der Waals surface area (Å²) in [6, 6.07) is 4.19. The molecule has 1 aromatic heterocycles. The summed E-state index contributed by atoms with van der Waals surface area (Å²) in [5, 5.41) is 5.02. The molecule has 1 fully saturated rings. The van der Waals surface area contributed by atoms with E-state index in [9.17, 15) is 13.2 Å². The van der Waals surface area contributed by atoms with E-state index < -0.39 is 9.84 Å². The monoisotopic (exact) mass is 343 g/mol. The van der Waals surface area contributed by atoms with E-state index >= 15 is 0 Å². The quantitative estimate of drug-likeness (QED) is 0.701. The van der Waals surface area contributed by atoms with Crippen molar-refractivity contribution in [1.82, 2.24) is 5.32 Å². The molecule has 1 N–H and O–H groups in total. The molecule has 1 saturated heterocycles. The maximum Gasteiger partial charge on any atom is 0.219 e. The fourth-order valence-electron chi connectivity index (χ4n) is 2.85. The molecule has 6 heteroatoms. The van der Waals surface area contributed by atoms with Crippen molar-refractivity contribution in [3.63, 3.8) is 0 Å². The lowest BCUT2D eigenvalue weighted by Crippen LogP contribution is -2.24. The number of amides is 1. The second kappa shape index (κ2) is 8.67. The minimum atomic E-state index is -2.77. The van der Waals surface area contributed by atoms with Crippen LogP contribution in [-0.2, 0) is 21.1 Å². The fraction of sp³-hybridized carbons (Fsp3) is 0.688. The topological polar surface area (TPSA) is 63.2 Å². The van der Waals surface area contributed by atoms with Gasteiger partial charge in [0.05, 0.1) is 11.5 Å². The fourth-order valence-corrected chi connectivity index (χ4v) is 5.51. The summed E-state index contributed by atoms with van der Waals surface area (Å²) in [6.45, 7) is 0.667. The van der Waals surface area contributed by atoms with Gasteiger partial charge in [0.2, 0.25) is 5.91 Å². The Labute approximate surface area is 137 Å². The Balaban J connectivity index is 1.46. The lowest BCUT2D eigenvalue weighted by Gasteiger charge is -2.08. The Bertz CT molecular complexity index is 552. The number of hydrogen-bond donors (Lipinski definition) is 1. The van der Waals surface area contributed by atoms with Crippen LogP contribution in [0.4, 0.5) is 0 Å². The molecule has 1 aliphatic heterocycles. The molecule has 0 bridgehead atoms. The molecule has 0 saturated carbocycles. The summed E-state index contributed by atoms with van der Waals surface area (Å²) < 4.78 is 22.7. The molecule has 0 spiro atoms. The molecule has 1 aromatic rings. The van der Waals surface area contributed by atoms with Gasteiger partial charge in [0.1, 0.15) is 0 Å². The molecule has 0 radical (unpaired) electrons. The predicted molar refractivity (Wildman–Crippen MR) is 90.9 cm³/mol. The van der Waals surface area contributed by atoms with Crippen molar-refractivity contribution in [1.29, 1.82) is 0 Å². The molecule has 2 heterocycles. The van der Waals surface area contributed by atoms with Crippen LogP contribution in [0.15, 0.2) is 17.5 Å². The second-order valence-electron chi connectivity index (χ2n) is 6.05. The van der Waals surface area contributed by atoms with E-state index in [1.807, 2.05) is 0 Å². The highest BCUT2D eigenvalue weighted by atomic mass is 32.2. The summed E-state index contributed by atoms with van der Waals surface area (Å²) in [4.78, 5) is 13.1. The van der Waals surface area contributed by atoms with E-state index in [1.54, 1.807) is 11.3 Å². The Morgan fingerprint density at radius 3 is 2.86 bits per heavy atom. The van der Waals surface area contributed by atoms with Crippen molar-refractivity contribution in [2.45, 2.75) is 44.9 Å². The number of hydrogen-bond acceptors (Lipinski definition) is 4. The molecular formula is C16H25NO3S2. The van der Waals surface area contributed by atoms with Crippen LogP contribution in [0.1, 0.15) is 43.4 Å². The van der Waals surface area contributed by atoms with Gasteiger partial charge in [-0.25, -0.2) is 8.42 Å². The van der Waals surface area contributed by atoms with Crippen LogP contribution in [0, 0.1) is 5.92 Å². The number of nitrogens with one attached hydrogen (secondary N) is 1. The maximum atomic E-state index is 11.7. The number of unbranched alkanes of at least 4 members (excludes halogenated alkanes) is 1. The first kappa shape index (κ1) is 17.5. The van der Waals surface area contributed by atoms with Crippen molar-refractivity contribution in [2.24, 2.45) is 5.92 Å². The predicted octanol–water partition coefficient (Wildman–Crippen LogP) is 2.79. The van der Waals surface area contributed by atoms with Gasteiger partial charge in [0.25, 0.3) is 0 Å². The first-order valence-electron chi connectivity index (χ1n) is 8.05. The first-order chi connectivity index (χ1) is 10.6. The van der Waals surface area contributed by atoms with Crippen molar-refractivity contribution < 1.29 is 13.2 Å². The first-order valence-corrected chi connectivity index (χ1v) is 10.7. The number of rotatable bonds is 9. The lowest BCUT2D eigenvalue weighted by molar-refractivity contribution is -0.121. The maximum absolute atomic E-state index is 11.7. The van der Waals surface area contributed by atoms with E-state index in [2.05, 4.69) is 22.8 Å². The van der Waals surface area contributed by atoms with Gasteiger partial charge in [-0.1, -0.05) is 6.07 Å². The van der Waals surface area contributed by atoms with E-state index in [0.717, 1.165) is 38.5 Å². The van der Waals surface area contributed by atoms with E-state index in [1.165, 1.54) is 4.88 Å². The standard InChI is InChI=1S/C16H25NO3S2/c18-16(8-2-1-6-15-7-4-11-21-15)17-10-3-5-14-9-12-22(19,20)13-14/h4,7,11,14H,1-3,5-6,8-10,12-13H2,(H,17,18). The zero-order valence-electron chi connectivity index (χ0n) is 12.9. The number of aryl methyl sites for hydroxylation is 1. The van der Waals surface area contributed by atoms with Crippen molar-refractivity contribution >= 4 is 27.1 Å².